The summed E-state index contributed by atoms with van der Waals surface area (Å²) in [5, 5.41) is 6.46. The zero-order valence-electron chi connectivity index (χ0n) is 16.8. The third-order valence-corrected chi connectivity index (χ3v) is 4.56. The van der Waals surface area contributed by atoms with Crippen molar-refractivity contribution in [2.24, 2.45) is 0 Å². The van der Waals surface area contributed by atoms with Crippen molar-refractivity contribution in [2.45, 2.75) is 59.8 Å². The molecule has 0 saturated heterocycles. The first-order valence-corrected chi connectivity index (χ1v) is 9.84. The number of hydrogen-bond acceptors (Lipinski definition) is 4. The van der Waals surface area contributed by atoms with Crippen LogP contribution in [0.25, 0.3) is 0 Å². The summed E-state index contributed by atoms with van der Waals surface area (Å²) in [5.74, 6) is 0.834. The summed E-state index contributed by atoms with van der Waals surface area (Å²) in [6.07, 6.45) is 4.72. The number of unbranched alkanes of at least 4 members (excludes halogenated alkanes) is 3. The Labute approximate surface area is 157 Å². The minimum absolute atomic E-state index is 0.0548. The Morgan fingerprint density at radius 2 is 1.92 bits per heavy atom. The molecule has 0 aliphatic carbocycles. The lowest BCUT2D eigenvalue weighted by Gasteiger charge is -2.24. The number of likely N-dealkylation sites (N-methyl/N-ethyl adjacent to an activating group) is 1. The van der Waals surface area contributed by atoms with E-state index < -0.39 is 0 Å². The molecule has 7 nitrogen and oxygen atoms in total. The third kappa shape index (κ3) is 8.47. The number of nitrogens with zero attached hydrogens (tertiary/aromatic N) is 2. The van der Waals surface area contributed by atoms with Gasteiger partial charge in [-0.3, -0.25) is 9.59 Å². The largest absolute Gasteiger partial charge is 0.360 e. The van der Waals surface area contributed by atoms with Crippen molar-refractivity contribution in [3.63, 3.8) is 0 Å². The lowest BCUT2D eigenvalue weighted by atomic mass is 10.1. The van der Waals surface area contributed by atoms with E-state index in [1.54, 1.807) is 17.9 Å². The maximum Gasteiger partial charge on any atom is 0.245 e. The molecule has 0 unspecified atom stereocenters. The molecule has 1 rings (SSSR count). The highest BCUT2D eigenvalue weighted by Gasteiger charge is 2.19. The predicted octanol–water partition coefficient (Wildman–Crippen LogP) is 1.65. The van der Waals surface area contributed by atoms with E-state index in [-0.39, 0.29) is 18.4 Å². The average Bonchev–Trinajstić information content (AvgIpc) is 3.02. The molecule has 1 heterocycles. The lowest BCUT2D eigenvalue weighted by Crippen LogP contribution is -3.12. The number of nitrogens with one attached hydrogen (secondary N) is 2. The maximum atomic E-state index is 12.6. The van der Waals surface area contributed by atoms with E-state index in [0.717, 1.165) is 45.3 Å². The van der Waals surface area contributed by atoms with E-state index in [1.165, 1.54) is 4.90 Å². The van der Waals surface area contributed by atoms with E-state index in [1.807, 2.05) is 0 Å². The van der Waals surface area contributed by atoms with Gasteiger partial charge in [0.1, 0.15) is 12.3 Å². The normalized spacial score (nSPS) is 11.0. The fraction of sp³-hybridized carbons (Fsp3) is 0.737. The number of amides is 2. The Hall–Kier alpha value is -1.89. The van der Waals surface area contributed by atoms with Crippen LogP contribution in [0.4, 0.5) is 5.82 Å². The summed E-state index contributed by atoms with van der Waals surface area (Å²) in [7, 11) is 0. The Balaban J connectivity index is 2.59. The summed E-state index contributed by atoms with van der Waals surface area (Å²) in [5.41, 5.74) is 0. The van der Waals surface area contributed by atoms with Gasteiger partial charge in [-0.15, -0.1) is 0 Å². The van der Waals surface area contributed by atoms with Gasteiger partial charge in [0.15, 0.2) is 5.82 Å². The number of aromatic nitrogens is 1. The van der Waals surface area contributed by atoms with Gasteiger partial charge < -0.3 is 19.6 Å². The number of hydrogen-bond donors (Lipinski definition) is 2. The van der Waals surface area contributed by atoms with Gasteiger partial charge in [0.05, 0.1) is 26.2 Å². The molecule has 148 valence electrons. The van der Waals surface area contributed by atoms with Crippen molar-refractivity contribution >= 4 is 17.6 Å². The Bertz CT molecular complexity index is 541. The van der Waals surface area contributed by atoms with E-state index >= 15 is 0 Å². The van der Waals surface area contributed by atoms with Crippen molar-refractivity contribution in [2.75, 3.05) is 38.0 Å². The Morgan fingerprint density at radius 1 is 1.19 bits per heavy atom. The number of rotatable bonds is 13. The minimum atomic E-state index is -0.241. The second-order valence-electron chi connectivity index (χ2n) is 6.70. The van der Waals surface area contributed by atoms with Gasteiger partial charge in [0, 0.05) is 12.5 Å². The van der Waals surface area contributed by atoms with E-state index in [4.69, 9.17) is 4.52 Å². The summed E-state index contributed by atoms with van der Waals surface area (Å²) in [6.45, 7) is 11.7. The molecule has 0 aliphatic rings. The predicted molar refractivity (Wildman–Crippen MR) is 102 cm³/mol. The highest BCUT2D eigenvalue weighted by Crippen LogP contribution is 2.08. The number of quaternary nitrogens is 1. The van der Waals surface area contributed by atoms with Gasteiger partial charge in [0.2, 0.25) is 11.8 Å². The van der Waals surface area contributed by atoms with E-state index in [2.05, 4.69) is 31.2 Å². The van der Waals surface area contributed by atoms with Crippen molar-refractivity contribution < 1.29 is 19.0 Å². The van der Waals surface area contributed by atoms with Gasteiger partial charge in [-0.05, 0) is 27.2 Å². The Morgan fingerprint density at radius 3 is 2.50 bits per heavy atom. The highest BCUT2D eigenvalue weighted by molar-refractivity contribution is 5.93. The first-order chi connectivity index (χ1) is 12.5. The molecule has 0 aromatic carbocycles. The molecule has 1 aromatic heterocycles. The van der Waals surface area contributed by atoms with Crippen LogP contribution < -0.4 is 10.2 Å². The van der Waals surface area contributed by atoms with Crippen LogP contribution in [0.2, 0.25) is 0 Å². The average molecular weight is 368 g/mol. The smallest absolute Gasteiger partial charge is 0.245 e. The highest BCUT2D eigenvalue weighted by atomic mass is 16.5. The van der Waals surface area contributed by atoms with Crippen LogP contribution in [-0.4, -0.2) is 54.6 Å². The van der Waals surface area contributed by atoms with Crippen LogP contribution in [0.15, 0.2) is 10.6 Å². The molecule has 0 atom stereocenters. The maximum absolute atomic E-state index is 12.6. The molecule has 2 N–H and O–H groups in total. The number of aryl methyl sites for hydroxylation is 1. The molecule has 0 radical (unpaired) electrons. The summed E-state index contributed by atoms with van der Waals surface area (Å²) < 4.78 is 4.95. The van der Waals surface area contributed by atoms with Crippen LogP contribution in [0.5, 0.6) is 0 Å². The molecule has 0 fully saturated rings. The van der Waals surface area contributed by atoms with Crippen molar-refractivity contribution in [3.05, 3.63) is 11.8 Å². The molecule has 2 amide bonds. The monoisotopic (exact) mass is 367 g/mol. The third-order valence-electron chi connectivity index (χ3n) is 4.56. The SMILES string of the molecule is CCCCCCC(=O)N(CC[NH+](CC)CC)CC(=O)Nc1cc(C)on1. The summed E-state index contributed by atoms with van der Waals surface area (Å²) in [4.78, 5) is 28.0. The molecule has 0 saturated carbocycles. The fourth-order valence-corrected chi connectivity index (χ4v) is 2.83. The molecular formula is C19H35N4O3+. The van der Waals surface area contributed by atoms with Crippen molar-refractivity contribution in [3.8, 4) is 0 Å². The van der Waals surface area contributed by atoms with Gasteiger partial charge in [-0.1, -0.05) is 31.3 Å². The van der Waals surface area contributed by atoms with Crippen LogP contribution in [0, 0.1) is 6.92 Å². The zero-order valence-corrected chi connectivity index (χ0v) is 16.8. The zero-order chi connectivity index (χ0) is 19.4. The topological polar surface area (TPSA) is 79.9 Å². The molecule has 7 heteroatoms. The quantitative estimate of drug-likeness (QED) is 0.520. The van der Waals surface area contributed by atoms with Gasteiger partial charge in [0.25, 0.3) is 0 Å². The minimum Gasteiger partial charge on any atom is -0.360 e. The number of carbonyl (C=O) groups excluding carboxylic acids is 2. The number of anilines is 1. The standard InChI is InChI=1S/C19H34N4O3/c1-5-8-9-10-11-19(25)23(13-12-22(6-2)7-3)15-18(24)20-17-14-16(4)26-21-17/h14H,5-13,15H2,1-4H3,(H,20,21,24)/p+1. The van der Waals surface area contributed by atoms with Crippen molar-refractivity contribution in [1.29, 1.82) is 0 Å². The fourth-order valence-electron chi connectivity index (χ4n) is 2.83. The first kappa shape index (κ1) is 22.2. The molecule has 0 spiro atoms. The second-order valence-corrected chi connectivity index (χ2v) is 6.70. The van der Waals surface area contributed by atoms with Crippen LogP contribution in [0.3, 0.4) is 0 Å². The van der Waals surface area contributed by atoms with Crippen LogP contribution in [-0.2, 0) is 9.59 Å². The molecule has 26 heavy (non-hydrogen) atoms. The molecular weight excluding hydrogens is 332 g/mol. The van der Waals surface area contributed by atoms with E-state index in [9.17, 15) is 9.59 Å². The van der Waals surface area contributed by atoms with Crippen LogP contribution in [0.1, 0.15) is 58.6 Å². The summed E-state index contributed by atoms with van der Waals surface area (Å²) in [6, 6.07) is 1.66. The molecule has 0 aliphatic heterocycles. The van der Waals surface area contributed by atoms with E-state index in [0.29, 0.717) is 24.5 Å². The lowest BCUT2D eigenvalue weighted by molar-refractivity contribution is -0.895. The molecule has 0 bridgehead atoms. The van der Waals surface area contributed by atoms with Gasteiger partial charge in [-0.25, -0.2) is 0 Å². The second kappa shape index (κ2) is 12.5. The summed E-state index contributed by atoms with van der Waals surface area (Å²) >= 11 is 0. The Kier molecular flexibility index (Phi) is 10.6. The number of carbonyl (C=O) groups is 2. The van der Waals surface area contributed by atoms with Crippen molar-refractivity contribution in [1.82, 2.24) is 10.1 Å². The van der Waals surface area contributed by atoms with Gasteiger partial charge in [-0.2, -0.15) is 0 Å². The van der Waals surface area contributed by atoms with Gasteiger partial charge >= 0.3 is 0 Å². The van der Waals surface area contributed by atoms with Crippen LogP contribution >= 0.6 is 0 Å². The molecule has 1 aromatic rings. The first-order valence-electron chi connectivity index (χ1n) is 9.84.